The molecule has 120 valence electrons. The minimum absolute atomic E-state index is 0.0644. The number of hydrogen-bond donors (Lipinski definition) is 2. The molecule has 22 heavy (non-hydrogen) atoms. The normalized spacial score (nSPS) is 26.3. The molecule has 5 nitrogen and oxygen atoms in total. The van der Waals surface area contributed by atoms with Gasteiger partial charge in [0.2, 0.25) is 0 Å². The minimum Gasteiger partial charge on any atom is -0.496 e. The molecule has 6 heteroatoms. The second kappa shape index (κ2) is 6.34. The summed E-state index contributed by atoms with van der Waals surface area (Å²) in [6.07, 6.45) is 2.94. The average molecular weight is 325 g/mol. The summed E-state index contributed by atoms with van der Waals surface area (Å²) in [4.78, 5) is 14.4. The van der Waals surface area contributed by atoms with Crippen molar-refractivity contribution >= 4 is 17.6 Å². The second-order valence-electron chi connectivity index (χ2n) is 6.00. The Morgan fingerprint density at radius 2 is 2.32 bits per heavy atom. The first-order valence-electron chi connectivity index (χ1n) is 7.63. The van der Waals surface area contributed by atoms with Crippen molar-refractivity contribution in [2.45, 2.75) is 37.9 Å². The number of benzene rings is 1. The minimum atomic E-state index is -0.0644. The number of carbonyl (C=O) groups is 1. The molecule has 2 saturated heterocycles. The fourth-order valence-corrected chi connectivity index (χ4v) is 3.97. The summed E-state index contributed by atoms with van der Waals surface area (Å²) in [6.45, 7) is 0.537. The molecule has 2 aliphatic rings. The van der Waals surface area contributed by atoms with Crippen molar-refractivity contribution in [3.05, 3.63) is 28.8 Å². The summed E-state index contributed by atoms with van der Waals surface area (Å²) in [7, 11) is 1.60. The van der Waals surface area contributed by atoms with Crippen LogP contribution in [0.4, 0.5) is 4.79 Å². The van der Waals surface area contributed by atoms with E-state index in [2.05, 4.69) is 5.32 Å². The zero-order chi connectivity index (χ0) is 15.7. The standard InChI is InChI=1S/C16H21ClN2O3/c1-22-15-5-2-12(17)6-10(15)8-18-16(21)19-13-3-4-14(19)11(7-13)9-20/h2,5-6,11,13-14,20H,3-4,7-9H2,1H3,(H,18,21). The first kappa shape index (κ1) is 15.4. The number of fused-ring (bicyclic) bond motifs is 2. The monoisotopic (exact) mass is 324 g/mol. The summed E-state index contributed by atoms with van der Waals surface area (Å²) >= 11 is 6.00. The maximum absolute atomic E-state index is 12.5. The van der Waals surface area contributed by atoms with Crippen LogP contribution in [0.25, 0.3) is 0 Å². The van der Waals surface area contributed by atoms with Gasteiger partial charge in [-0.15, -0.1) is 0 Å². The highest BCUT2D eigenvalue weighted by atomic mass is 35.5. The van der Waals surface area contributed by atoms with Gasteiger partial charge in [-0.25, -0.2) is 4.79 Å². The van der Waals surface area contributed by atoms with Gasteiger partial charge in [-0.3, -0.25) is 0 Å². The highest BCUT2D eigenvalue weighted by molar-refractivity contribution is 6.30. The zero-order valence-electron chi connectivity index (χ0n) is 12.6. The molecule has 0 aromatic heterocycles. The van der Waals surface area contributed by atoms with Crippen LogP contribution < -0.4 is 10.1 Å². The molecule has 2 bridgehead atoms. The average Bonchev–Trinajstić information content (AvgIpc) is 3.10. The zero-order valence-corrected chi connectivity index (χ0v) is 13.3. The number of nitrogens with zero attached hydrogens (tertiary/aromatic N) is 1. The molecule has 3 unspecified atom stereocenters. The van der Waals surface area contributed by atoms with Crippen molar-refractivity contribution < 1.29 is 14.6 Å². The number of hydrogen-bond acceptors (Lipinski definition) is 3. The SMILES string of the molecule is COc1ccc(Cl)cc1CNC(=O)N1C2CCC1C(CO)C2. The van der Waals surface area contributed by atoms with Gasteiger partial charge in [-0.05, 0) is 37.5 Å². The number of aliphatic hydroxyl groups excluding tert-OH is 1. The highest BCUT2D eigenvalue weighted by Crippen LogP contribution is 2.41. The third kappa shape index (κ3) is 2.75. The smallest absolute Gasteiger partial charge is 0.318 e. The van der Waals surface area contributed by atoms with Gasteiger partial charge in [0.05, 0.1) is 7.11 Å². The number of halogens is 1. The van der Waals surface area contributed by atoms with Crippen LogP contribution in [-0.2, 0) is 6.54 Å². The van der Waals surface area contributed by atoms with Crippen molar-refractivity contribution in [3.8, 4) is 5.75 Å². The van der Waals surface area contributed by atoms with E-state index in [1.54, 1.807) is 25.3 Å². The van der Waals surface area contributed by atoms with E-state index in [0.717, 1.165) is 24.8 Å². The third-order valence-corrected chi connectivity index (χ3v) is 5.04. The molecule has 2 aliphatic heterocycles. The Kier molecular flexibility index (Phi) is 4.45. The van der Waals surface area contributed by atoms with Crippen LogP contribution in [0.1, 0.15) is 24.8 Å². The van der Waals surface area contributed by atoms with Crippen LogP contribution in [0, 0.1) is 5.92 Å². The molecule has 2 heterocycles. The lowest BCUT2D eigenvalue weighted by Crippen LogP contribution is -2.43. The van der Waals surface area contributed by atoms with Gasteiger partial charge >= 0.3 is 6.03 Å². The number of nitrogens with one attached hydrogen (secondary N) is 1. The lowest BCUT2D eigenvalue weighted by molar-refractivity contribution is 0.169. The maximum Gasteiger partial charge on any atom is 0.318 e. The molecule has 2 N–H and O–H groups in total. The fourth-order valence-electron chi connectivity index (χ4n) is 3.77. The quantitative estimate of drug-likeness (QED) is 0.894. The molecule has 0 spiro atoms. The van der Waals surface area contributed by atoms with E-state index in [1.807, 2.05) is 4.90 Å². The first-order valence-corrected chi connectivity index (χ1v) is 8.01. The molecular weight excluding hydrogens is 304 g/mol. The Hall–Kier alpha value is -1.46. The number of urea groups is 1. The van der Waals surface area contributed by atoms with Crippen LogP contribution in [0.2, 0.25) is 5.02 Å². The topological polar surface area (TPSA) is 61.8 Å². The Balaban J connectivity index is 1.65. The van der Waals surface area contributed by atoms with Crippen LogP contribution in [0.5, 0.6) is 5.75 Å². The Morgan fingerprint density at radius 3 is 3.00 bits per heavy atom. The largest absolute Gasteiger partial charge is 0.496 e. The number of carbonyl (C=O) groups excluding carboxylic acids is 1. The van der Waals surface area contributed by atoms with Gasteiger partial charge in [-0.2, -0.15) is 0 Å². The van der Waals surface area contributed by atoms with Gasteiger partial charge in [0.1, 0.15) is 5.75 Å². The van der Waals surface area contributed by atoms with E-state index in [4.69, 9.17) is 16.3 Å². The van der Waals surface area contributed by atoms with Crippen LogP contribution in [-0.4, -0.2) is 41.8 Å². The van der Waals surface area contributed by atoms with Gasteiger partial charge in [0.25, 0.3) is 0 Å². The summed E-state index contributed by atoms with van der Waals surface area (Å²) in [5.74, 6) is 0.938. The maximum atomic E-state index is 12.5. The predicted octanol–water partition coefficient (Wildman–Crippen LogP) is 2.40. The number of rotatable bonds is 4. The van der Waals surface area contributed by atoms with Gasteiger partial charge < -0.3 is 20.1 Å². The number of amides is 2. The summed E-state index contributed by atoms with van der Waals surface area (Å²) in [5, 5.41) is 13.0. The van der Waals surface area contributed by atoms with Crippen LogP contribution in [0.3, 0.4) is 0 Å². The van der Waals surface area contributed by atoms with E-state index < -0.39 is 0 Å². The number of aliphatic hydroxyl groups is 1. The molecule has 3 atom stereocenters. The van der Waals surface area contributed by atoms with Crippen molar-refractivity contribution in [1.82, 2.24) is 10.2 Å². The summed E-state index contributed by atoms with van der Waals surface area (Å²) in [5.41, 5.74) is 0.855. The number of methoxy groups -OCH3 is 1. The Labute approximate surface area is 135 Å². The highest BCUT2D eigenvalue weighted by Gasteiger charge is 2.48. The first-order chi connectivity index (χ1) is 10.6. The second-order valence-corrected chi connectivity index (χ2v) is 6.44. The predicted molar refractivity (Wildman–Crippen MR) is 84.1 cm³/mol. The molecule has 3 rings (SSSR count). The summed E-state index contributed by atoms with van der Waals surface area (Å²) in [6, 6.07) is 5.74. The van der Waals surface area contributed by atoms with Gasteiger partial charge in [0.15, 0.2) is 0 Å². The van der Waals surface area contributed by atoms with Crippen molar-refractivity contribution in [1.29, 1.82) is 0 Å². The number of ether oxygens (including phenoxy) is 1. The van der Waals surface area contributed by atoms with E-state index >= 15 is 0 Å². The van der Waals surface area contributed by atoms with Crippen molar-refractivity contribution in [2.24, 2.45) is 5.92 Å². The lowest BCUT2D eigenvalue weighted by atomic mass is 9.90. The third-order valence-electron chi connectivity index (χ3n) is 4.81. The van der Waals surface area contributed by atoms with Crippen molar-refractivity contribution in [2.75, 3.05) is 13.7 Å². The van der Waals surface area contributed by atoms with Gasteiger partial charge in [0, 0.05) is 41.7 Å². The Morgan fingerprint density at radius 1 is 1.50 bits per heavy atom. The molecule has 1 aromatic rings. The lowest BCUT2D eigenvalue weighted by Gasteiger charge is -2.24. The van der Waals surface area contributed by atoms with Gasteiger partial charge in [-0.1, -0.05) is 11.6 Å². The van der Waals surface area contributed by atoms with E-state index in [-0.39, 0.29) is 30.6 Å². The van der Waals surface area contributed by atoms with Crippen LogP contribution >= 0.6 is 11.6 Å². The van der Waals surface area contributed by atoms with Crippen molar-refractivity contribution in [3.63, 3.8) is 0 Å². The molecule has 0 saturated carbocycles. The molecule has 2 amide bonds. The molecule has 1 aromatic carbocycles. The fraction of sp³-hybridized carbons (Fsp3) is 0.562. The molecular formula is C16H21ClN2O3. The van der Waals surface area contributed by atoms with E-state index in [0.29, 0.717) is 17.3 Å². The Bertz CT molecular complexity index is 566. The van der Waals surface area contributed by atoms with E-state index in [1.165, 1.54) is 0 Å². The van der Waals surface area contributed by atoms with Crippen LogP contribution in [0.15, 0.2) is 18.2 Å². The molecule has 0 aliphatic carbocycles. The summed E-state index contributed by atoms with van der Waals surface area (Å²) < 4.78 is 5.29. The molecule has 0 radical (unpaired) electrons. The van der Waals surface area contributed by atoms with E-state index in [9.17, 15) is 9.90 Å². The molecule has 2 fully saturated rings.